The predicted octanol–water partition coefficient (Wildman–Crippen LogP) is 1.93. The summed E-state index contributed by atoms with van der Waals surface area (Å²) in [5.74, 6) is -2.43. The number of esters is 1. The van der Waals surface area contributed by atoms with Crippen molar-refractivity contribution in [2.45, 2.75) is 44.0 Å². The van der Waals surface area contributed by atoms with E-state index in [-0.39, 0.29) is 11.5 Å². The molecule has 1 amide bonds. The average Bonchev–Trinajstić information content (AvgIpc) is 2.65. The third kappa shape index (κ3) is 4.84. The first kappa shape index (κ1) is 21.3. The Hall–Kier alpha value is -2.00. The molecule has 27 heavy (non-hydrogen) atoms. The first-order valence-electron chi connectivity index (χ1n) is 8.87. The highest BCUT2D eigenvalue weighted by Gasteiger charge is 2.30. The maximum Gasteiger partial charge on any atom is 0.328 e. The third-order valence-corrected chi connectivity index (χ3v) is 6.45. The van der Waals surface area contributed by atoms with Gasteiger partial charge in [0.1, 0.15) is 16.8 Å². The number of carbonyl (C=O) groups is 2. The molecule has 1 heterocycles. The van der Waals surface area contributed by atoms with Crippen molar-refractivity contribution >= 4 is 21.9 Å². The molecule has 9 heteroatoms. The summed E-state index contributed by atoms with van der Waals surface area (Å²) in [6.45, 7) is 4.13. The number of piperidine rings is 1. The van der Waals surface area contributed by atoms with E-state index in [1.54, 1.807) is 13.8 Å². The number of benzene rings is 1. The second-order valence-corrected chi connectivity index (χ2v) is 8.73. The minimum absolute atomic E-state index is 0.0402. The van der Waals surface area contributed by atoms with Gasteiger partial charge < -0.3 is 10.1 Å². The molecule has 0 radical (unpaired) electrons. The Bertz CT molecular complexity index is 804. The largest absolute Gasteiger partial charge is 0.467 e. The van der Waals surface area contributed by atoms with Gasteiger partial charge in [0.05, 0.1) is 7.11 Å². The van der Waals surface area contributed by atoms with Crippen LogP contribution in [0.15, 0.2) is 23.1 Å². The average molecular weight is 400 g/mol. The van der Waals surface area contributed by atoms with E-state index in [9.17, 15) is 22.4 Å². The number of sulfonamides is 1. The molecule has 7 nitrogen and oxygen atoms in total. The highest BCUT2D eigenvalue weighted by atomic mass is 32.2. The second-order valence-electron chi connectivity index (χ2n) is 6.83. The van der Waals surface area contributed by atoms with Crippen LogP contribution >= 0.6 is 0 Å². The van der Waals surface area contributed by atoms with Crippen LogP contribution in [0.5, 0.6) is 0 Å². The van der Waals surface area contributed by atoms with Gasteiger partial charge >= 0.3 is 5.97 Å². The summed E-state index contributed by atoms with van der Waals surface area (Å²) in [5, 5.41) is 2.52. The molecule has 1 aliphatic heterocycles. The van der Waals surface area contributed by atoms with Gasteiger partial charge in [-0.05, 0) is 37.0 Å². The first-order valence-corrected chi connectivity index (χ1v) is 10.3. The van der Waals surface area contributed by atoms with Gasteiger partial charge in [0.25, 0.3) is 5.91 Å². The number of nitrogens with zero attached hydrogens (tertiary/aromatic N) is 1. The molecule has 0 spiro atoms. The van der Waals surface area contributed by atoms with E-state index in [1.165, 1.54) is 17.5 Å². The van der Waals surface area contributed by atoms with Crippen LogP contribution in [0.3, 0.4) is 0 Å². The highest BCUT2D eigenvalue weighted by Crippen LogP contribution is 2.24. The zero-order valence-electron chi connectivity index (χ0n) is 15.7. The first-order chi connectivity index (χ1) is 12.7. The summed E-state index contributed by atoms with van der Waals surface area (Å²) >= 11 is 0. The summed E-state index contributed by atoms with van der Waals surface area (Å²) in [4.78, 5) is 23.8. The maximum atomic E-state index is 14.2. The second kappa shape index (κ2) is 8.79. The lowest BCUT2D eigenvalue weighted by Crippen LogP contribution is -2.45. The molecule has 1 N–H and O–H groups in total. The van der Waals surface area contributed by atoms with Gasteiger partial charge in [-0.25, -0.2) is 17.6 Å². The molecule has 0 aromatic heterocycles. The number of hydrogen-bond donors (Lipinski definition) is 1. The minimum atomic E-state index is -4.03. The molecule has 1 saturated heterocycles. The van der Waals surface area contributed by atoms with Gasteiger partial charge in [-0.1, -0.05) is 20.3 Å². The van der Waals surface area contributed by atoms with Crippen molar-refractivity contribution in [3.63, 3.8) is 0 Å². The normalized spacial score (nSPS) is 16.8. The van der Waals surface area contributed by atoms with Crippen molar-refractivity contribution < 1.29 is 27.1 Å². The quantitative estimate of drug-likeness (QED) is 0.737. The Balaban J connectivity index is 2.30. The molecular formula is C18H25FN2O5S. The molecule has 1 atom stereocenters. The Morgan fingerprint density at radius 3 is 2.37 bits per heavy atom. The molecule has 0 saturated carbocycles. The van der Waals surface area contributed by atoms with Crippen LogP contribution in [0.4, 0.5) is 4.39 Å². The molecule has 1 aromatic carbocycles. The molecule has 1 aromatic rings. The molecule has 2 rings (SSSR count). The number of rotatable bonds is 6. The number of nitrogens with one attached hydrogen (secondary N) is 1. The Kier molecular flexibility index (Phi) is 6.94. The van der Waals surface area contributed by atoms with Gasteiger partial charge in [0.2, 0.25) is 10.0 Å². The van der Waals surface area contributed by atoms with Gasteiger partial charge in [0.15, 0.2) is 0 Å². The summed E-state index contributed by atoms with van der Waals surface area (Å²) < 4.78 is 45.7. The summed E-state index contributed by atoms with van der Waals surface area (Å²) in [7, 11) is -2.81. The SMILES string of the molecule is COC(=O)[C@@H](NC(=O)c1ccc(F)c(S(=O)(=O)N2CCCCC2)c1)C(C)C. The van der Waals surface area contributed by atoms with Crippen molar-refractivity contribution in [3.05, 3.63) is 29.6 Å². The van der Waals surface area contributed by atoms with E-state index >= 15 is 0 Å². The van der Waals surface area contributed by atoms with Crippen LogP contribution in [0.25, 0.3) is 0 Å². The number of ether oxygens (including phenoxy) is 1. The lowest BCUT2D eigenvalue weighted by Gasteiger charge is -2.26. The smallest absolute Gasteiger partial charge is 0.328 e. The van der Waals surface area contributed by atoms with Crippen LogP contribution < -0.4 is 5.32 Å². The fourth-order valence-corrected chi connectivity index (χ4v) is 4.54. The standard InChI is InChI=1S/C18H25FN2O5S/c1-12(2)16(18(23)26-3)20-17(22)13-7-8-14(19)15(11-13)27(24,25)21-9-5-4-6-10-21/h7-8,11-12,16H,4-6,9-10H2,1-3H3,(H,20,22)/t16-/m0/s1. The van der Waals surface area contributed by atoms with Gasteiger partial charge in [0, 0.05) is 18.7 Å². The van der Waals surface area contributed by atoms with Crippen molar-refractivity contribution in [2.75, 3.05) is 20.2 Å². The molecule has 0 bridgehead atoms. The minimum Gasteiger partial charge on any atom is -0.467 e. The topological polar surface area (TPSA) is 92.8 Å². The van der Waals surface area contributed by atoms with E-state index in [0.717, 1.165) is 31.4 Å². The van der Waals surface area contributed by atoms with E-state index in [0.29, 0.717) is 13.1 Å². The monoisotopic (exact) mass is 400 g/mol. The van der Waals surface area contributed by atoms with Crippen molar-refractivity contribution in [2.24, 2.45) is 5.92 Å². The van der Waals surface area contributed by atoms with E-state index in [1.807, 2.05) is 0 Å². The number of amides is 1. The van der Waals surface area contributed by atoms with Crippen LogP contribution in [-0.4, -0.2) is 50.8 Å². The zero-order valence-corrected chi connectivity index (χ0v) is 16.5. The Morgan fingerprint density at radius 2 is 1.81 bits per heavy atom. The summed E-state index contributed by atoms with van der Waals surface area (Å²) in [5.41, 5.74) is -0.0402. The fourth-order valence-electron chi connectivity index (χ4n) is 2.94. The molecule has 0 aliphatic carbocycles. The summed E-state index contributed by atoms with van der Waals surface area (Å²) in [6, 6.07) is 2.27. The number of methoxy groups -OCH3 is 1. The Morgan fingerprint density at radius 1 is 1.19 bits per heavy atom. The predicted molar refractivity (Wildman–Crippen MR) is 97.1 cm³/mol. The number of hydrogen-bond acceptors (Lipinski definition) is 5. The lowest BCUT2D eigenvalue weighted by atomic mass is 10.0. The van der Waals surface area contributed by atoms with E-state index in [4.69, 9.17) is 0 Å². The summed E-state index contributed by atoms with van der Waals surface area (Å²) in [6.07, 6.45) is 2.37. The molecule has 0 unspecified atom stereocenters. The van der Waals surface area contributed by atoms with Gasteiger partial charge in [-0.2, -0.15) is 4.31 Å². The molecular weight excluding hydrogens is 375 g/mol. The van der Waals surface area contributed by atoms with Crippen molar-refractivity contribution in [1.82, 2.24) is 9.62 Å². The van der Waals surface area contributed by atoms with Crippen LogP contribution in [0.1, 0.15) is 43.5 Å². The molecule has 1 fully saturated rings. The van der Waals surface area contributed by atoms with Crippen molar-refractivity contribution in [1.29, 1.82) is 0 Å². The van der Waals surface area contributed by atoms with Crippen molar-refractivity contribution in [3.8, 4) is 0 Å². The third-order valence-electron chi connectivity index (χ3n) is 4.53. The zero-order chi connectivity index (χ0) is 20.2. The van der Waals surface area contributed by atoms with Gasteiger partial charge in [-0.15, -0.1) is 0 Å². The maximum absolute atomic E-state index is 14.2. The Labute approximate surface area is 158 Å². The fraction of sp³-hybridized carbons (Fsp3) is 0.556. The molecule has 150 valence electrons. The molecule has 1 aliphatic rings. The van der Waals surface area contributed by atoms with E-state index < -0.39 is 38.7 Å². The van der Waals surface area contributed by atoms with Gasteiger partial charge in [-0.3, -0.25) is 4.79 Å². The van der Waals surface area contributed by atoms with Crippen LogP contribution in [0.2, 0.25) is 0 Å². The number of halogens is 1. The van der Waals surface area contributed by atoms with Crippen LogP contribution in [-0.2, 0) is 19.6 Å². The lowest BCUT2D eigenvalue weighted by molar-refractivity contribution is -0.144. The highest BCUT2D eigenvalue weighted by molar-refractivity contribution is 7.89. The number of carbonyl (C=O) groups excluding carboxylic acids is 2. The van der Waals surface area contributed by atoms with Crippen LogP contribution in [0, 0.1) is 11.7 Å². The van der Waals surface area contributed by atoms with E-state index in [2.05, 4.69) is 10.1 Å².